The Kier molecular flexibility index (Phi) is 4.64. The molecule has 5 nitrogen and oxygen atoms in total. The van der Waals surface area contributed by atoms with Crippen molar-refractivity contribution in [1.29, 1.82) is 0 Å². The van der Waals surface area contributed by atoms with E-state index in [2.05, 4.69) is 24.2 Å². The predicted molar refractivity (Wildman–Crippen MR) is 100 cm³/mol. The molecule has 2 amide bonds. The third-order valence-corrected chi connectivity index (χ3v) is 5.60. The van der Waals surface area contributed by atoms with Crippen LogP contribution in [-0.4, -0.2) is 28.1 Å². The van der Waals surface area contributed by atoms with Crippen LogP contribution in [0.2, 0.25) is 0 Å². The van der Waals surface area contributed by atoms with Crippen LogP contribution in [-0.2, 0) is 9.59 Å². The maximum absolute atomic E-state index is 13.2. The van der Waals surface area contributed by atoms with Crippen LogP contribution in [0.4, 0.5) is 0 Å². The minimum Gasteiger partial charge on any atom is -0.346 e. The number of nitrogens with zero attached hydrogens (tertiary/aromatic N) is 2. The summed E-state index contributed by atoms with van der Waals surface area (Å²) < 4.78 is 0. The van der Waals surface area contributed by atoms with Crippen molar-refractivity contribution in [2.75, 3.05) is 0 Å². The van der Waals surface area contributed by atoms with E-state index in [4.69, 9.17) is 0 Å². The van der Waals surface area contributed by atoms with Gasteiger partial charge in [-0.2, -0.15) is 4.99 Å². The zero-order valence-corrected chi connectivity index (χ0v) is 15.8. The molecule has 6 heteroatoms. The average molecular weight is 357 g/mol. The largest absolute Gasteiger partial charge is 0.346 e. The lowest BCUT2D eigenvalue weighted by Gasteiger charge is -2.43. The summed E-state index contributed by atoms with van der Waals surface area (Å²) in [7, 11) is 0. The number of amidine groups is 1. The molecule has 3 heterocycles. The number of allylic oxidation sites excluding steroid dienone is 2. The minimum absolute atomic E-state index is 0.0643. The van der Waals surface area contributed by atoms with Gasteiger partial charge in [-0.3, -0.25) is 9.59 Å². The number of hydrogen-bond acceptors (Lipinski definition) is 4. The van der Waals surface area contributed by atoms with Crippen molar-refractivity contribution >= 4 is 29.0 Å². The predicted octanol–water partition coefficient (Wildman–Crippen LogP) is 3.42. The summed E-state index contributed by atoms with van der Waals surface area (Å²) in [6.07, 6.45) is 5.67. The summed E-state index contributed by atoms with van der Waals surface area (Å²) in [5.74, 6) is 0.363. The molecule has 0 aliphatic carbocycles. The molecule has 0 bridgehead atoms. The van der Waals surface area contributed by atoms with Crippen molar-refractivity contribution in [2.24, 2.45) is 10.9 Å². The first kappa shape index (κ1) is 17.6. The van der Waals surface area contributed by atoms with E-state index in [1.54, 1.807) is 18.3 Å². The van der Waals surface area contributed by atoms with E-state index in [-0.39, 0.29) is 30.2 Å². The van der Waals surface area contributed by atoms with Crippen LogP contribution in [0.5, 0.6) is 0 Å². The summed E-state index contributed by atoms with van der Waals surface area (Å²) in [6.45, 7) is 7.91. The Hall–Kier alpha value is -2.21. The second-order valence-electron chi connectivity index (χ2n) is 7.10. The van der Waals surface area contributed by atoms with Crippen molar-refractivity contribution in [2.45, 2.75) is 45.7 Å². The van der Waals surface area contributed by atoms with Gasteiger partial charge in [-0.25, -0.2) is 0 Å². The van der Waals surface area contributed by atoms with E-state index in [9.17, 15) is 9.59 Å². The second-order valence-corrected chi connectivity index (χ2v) is 8.08. The SMILES string of the molecule is CC1=CC2=NC(=O)C[C@](C)(C(=O)N[C@H](c3cccs3)C(C)C)N2C=C1. The summed E-state index contributed by atoms with van der Waals surface area (Å²) in [5.41, 5.74) is 0.0258. The van der Waals surface area contributed by atoms with Crippen LogP contribution in [0.1, 0.15) is 45.0 Å². The fourth-order valence-electron chi connectivity index (χ4n) is 3.16. The van der Waals surface area contributed by atoms with Crippen LogP contribution in [0, 0.1) is 5.92 Å². The third-order valence-electron chi connectivity index (χ3n) is 4.65. The normalized spacial score (nSPS) is 23.9. The standard InChI is InChI=1S/C19H23N3O2S/c1-12(2)17(14-6-5-9-25-14)21-18(24)19(4)11-16(23)20-15-10-13(3)7-8-22(15)19/h5-10,12,17H,11H2,1-4H3,(H,21,24)/t17-,19+/m0/s1. The summed E-state index contributed by atoms with van der Waals surface area (Å²) >= 11 is 1.63. The third kappa shape index (κ3) is 3.31. The molecule has 0 fully saturated rings. The topological polar surface area (TPSA) is 61.8 Å². The molecule has 132 valence electrons. The maximum Gasteiger partial charge on any atom is 0.250 e. The highest BCUT2D eigenvalue weighted by atomic mass is 32.1. The molecule has 1 N–H and O–H groups in total. The van der Waals surface area contributed by atoms with Gasteiger partial charge in [-0.15, -0.1) is 11.3 Å². The molecule has 25 heavy (non-hydrogen) atoms. The molecule has 0 aromatic carbocycles. The van der Waals surface area contributed by atoms with Gasteiger partial charge in [0.15, 0.2) is 0 Å². The molecule has 2 atom stereocenters. The number of aliphatic imine (C=N–C) groups is 1. The molecule has 0 unspecified atom stereocenters. The molecular formula is C19H23N3O2S. The van der Waals surface area contributed by atoms with E-state index in [0.717, 1.165) is 10.5 Å². The summed E-state index contributed by atoms with van der Waals surface area (Å²) in [5, 5.41) is 5.17. The van der Waals surface area contributed by atoms with Crippen molar-refractivity contribution in [3.63, 3.8) is 0 Å². The van der Waals surface area contributed by atoms with E-state index in [1.165, 1.54) is 0 Å². The number of nitrogens with one attached hydrogen (secondary N) is 1. The Labute approximate surface area is 152 Å². The first-order chi connectivity index (χ1) is 11.8. The van der Waals surface area contributed by atoms with Gasteiger partial charge in [-0.05, 0) is 48.9 Å². The van der Waals surface area contributed by atoms with E-state index >= 15 is 0 Å². The summed E-state index contributed by atoms with van der Waals surface area (Å²) in [4.78, 5) is 32.4. The van der Waals surface area contributed by atoms with E-state index in [0.29, 0.717) is 5.84 Å². The van der Waals surface area contributed by atoms with Gasteiger partial charge in [0.2, 0.25) is 5.91 Å². The lowest BCUT2D eigenvalue weighted by Crippen LogP contribution is -2.60. The first-order valence-electron chi connectivity index (χ1n) is 8.43. The number of carbonyl (C=O) groups excluding carboxylic acids is 2. The van der Waals surface area contributed by atoms with Gasteiger partial charge in [0.05, 0.1) is 12.5 Å². The maximum atomic E-state index is 13.2. The van der Waals surface area contributed by atoms with Crippen LogP contribution in [0.25, 0.3) is 0 Å². The van der Waals surface area contributed by atoms with Gasteiger partial charge < -0.3 is 10.2 Å². The zero-order valence-electron chi connectivity index (χ0n) is 14.9. The van der Waals surface area contributed by atoms with E-state index < -0.39 is 5.54 Å². The van der Waals surface area contributed by atoms with Crippen molar-refractivity contribution in [3.05, 3.63) is 46.3 Å². The molecule has 0 saturated heterocycles. The molecular weight excluding hydrogens is 334 g/mol. The van der Waals surface area contributed by atoms with Gasteiger partial charge in [0, 0.05) is 11.1 Å². The quantitative estimate of drug-likeness (QED) is 0.898. The van der Waals surface area contributed by atoms with Crippen molar-refractivity contribution in [1.82, 2.24) is 10.2 Å². The molecule has 0 saturated carbocycles. The number of rotatable bonds is 4. The Balaban J connectivity index is 1.89. The van der Waals surface area contributed by atoms with Crippen molar-refractivity contribution < 1.29 is 9.59 Å². The Bertz CT molecular complexity index is 777. The van der Waals surface area contributed by atoms with Crippen molar-refractivity contribution in [3.8, 4) is 0 Å². The first-order valence-corrected chi connectivity index (χ1v) is 9.31. The Morgan fingerprint density at radius 1 is 1.44 bits per heavy atom. The highest BCUT2D eigenvalue weighted by molar-refractivity contribution is 7.10. The minimum atomic E-state index is -0.980. The fourth-order valence-corrected chi connectivity index (χ4v) is 4.11. The highest BCUT2D eigenvalue weighted by Crippen LogP contribution is 2.32. The fraction of sp³-hybridized carbons (Fsp3) is 0.421. The van der Waals surface area contributed by atoms with Gasteiger partial charge in [0.25, 0.3) is 5.91 Å². The van der Waals surface area contributed by atoms with Crippen LogP contribution in [0.15, 0.2) is 46.4 Å². The molecule has 2 aliphatic rings. The molecule has 3 rings (SSSR count). The van der Waals surface area contributed by atoms with Crippen LogP contribution >= 0.6 is 11.3 Å². The monoisotopic (exact) mass is 357 g/mol. The van der Waals surface area contributed by atoms with E-state index in [1.807, 2.05) is 47.7 Å². The Morgan fingerprint density at radius 3 is 2.84 bits per heavy atom. The number of thiophene rings is 1. The zero-order chi connectivity index (χ0) is 18.2. The lowest BCUT2D eigenvalue weighted by atomic mass is 9.89. The summed E-state index contributed by atoms with van der Waals surface area (Å²) in [6, 6.07) is 3.94. The molecule has 2 aliphatic heterocycles. The number of amides is 2. The highest BCUT2D eigenvalue weighted by Gasteiger charge is 2.46. The smallest absolute Gasteiger partial charge is 0.250 e. The number of carbonyl (C=O) groups is 2. The van der Waals surface area contributed by atoms with Gasteiger partial charge >= 0.3 is 0 Å². The number of fused-ring (bicyclic) bond motifs is 1. The molecule has 0 radical (unpaired) electrons. The molecule has 0 spiro atoms. The van der Waals surface area contributed by atoms with Crippen LogP contribution < -0.4 is 5.32 Å². The molecule has 1 aromatic heterocycles. The molecule has 1 aromatic rings. The van der Waals surface area contributed by atoms with Crippen LogP contribution in [0.3, 0.4) is 0 Å². The lowest BCUT2D eigenvalue weighted by molar-refractivity contribution is -0.135. The average Bonchev–Trinajstić information content (AvgIpc) is 3.05. The second kappa shape index (κ2) is 6.59. The number of hydrogen-bond donors (Lipinski definition) is 1. The van der Waals surface area contributed by atoms with Gasteiger partial charge in [-0.1, -0.05) is 19.9 Å². The van der Waals surface area contributed by atoms with Gasteiger partial charge in [0.1, 0.15) is 11.4 Å². The Morgan fingerprint density at radius 2 is 2.20 bits per heavy atom.